The van der Waals surface area contributed by atoms with Crippen molar-refractivity contribution in [3.05, 3.63) is 0 Å². The number of nitrogens with one attached hydrogen (secondary N) is 1. The van der Waals surface area contributed by atoms with Crippen LogP contribution in [0.15, 0.2) is 0 Å². The summed E-state index contributed by atoms with van der Waals surface area (Å²) in [5, 5.41) is 12.9. The van der Waals surface area contributed by atoms with Crippen LogP contribution in [0.2, 0.25) is 0 Å². The fourth-order valence-electron chi connectivity index (χ4n) is 1.74. The van der Waals surface area contributed by atoms with Crippen molar-refractivity contribution in [1.82, 2.24) is 5.32 Å². The van der Waals surface area contributed by atoms with Gasteiger partial charge < -0.3 is 15.2 Å². The van der Waals surface area contributed by atoms with E-state index in [1.807, 2.05) is 11.8 Å². The largest absolute Gasteiger partial charge is 0.396 e. The third kappa shape index (κ3) is 5.20. The molecule has 1 rings (SSSR count). The third-order valence-electron chi connectivity index (χ3n) is 2.59. The predicted octanol–water partition coefficient (Wildman–Crippen LogP) is 1.26. The summed E-state index contributed by atoms with van der Waals surface area (Å²) in [5.74, 6) is 1.04. The Morgan fingerprint density at radius 2 is 2.40 bits per heavy atom. The fraction of sp³-hybridized carbons (Fsp3) is 1.00. The minimum Gasteiger partial charge on any atom is -0.396 e. The molecule has 1 fully saturated rings. The smallest absolute Gasteiger partial charge is 0.0600 e. The van der Waals surface area contributed by atoms with Crippen LogP contribution < -0.4 is 5.32 Å². The zero-order chi connectivity index (χ0) is 10.9. The molecule has 0 spiro atoms. The van der Waals surface area contributed by atoms with Crippen LogP contribution in [-0.2, 0) is 4.74 Å². The van der Waals surface area contributed by atoms with Crippen molar-refractivity contribution in [2.45, 2.75) is 37.5 Å². The average molecular weight is 233 g/mol. The summed E-state index contributed by atoms with van der Waals surface area (Å²) >= 11 is 1.93. The summed E-state index contributed by atoms with van der Waals surface area (Å²) in [6.45, 7) is 5.34. The van der Waals surface area contributed by atoms with Crippen molar-refractivity contribution >= 4 is 11.8 Å². The number of rotatable bonds is 7. The van der Waals surface area contributed by atoms with E-state index >= 15 is 0 Å². The number of thioether (sulfide) groups is 1. The predicted molar refractivity (Wildman–Crippen MR) is 65.5 cm³/mol. The lowest BCUT2D eigenvalue weighted by Gasteiger charge is -2.31. The van der Waals surface area contributed by atoms with E-state index < -0.39 is 0 Å². The van der Waals surface area contributed by atoms with Gasteiger partial charge in [0.15, 0.2) is 0 Å². The standard InChI is InChI=1S/C11H23NO2S/c1-2-5-12-10-4-7-14-9-11(10)15-8-3-6-13/h10-13H,2-9H2,1H3. The minimum atomic E-state index is 0.299. The number of hydrogen-bond donors (Lipinski definition) is 2. The highest BCUT2D eigenvalue weighted by molar-refractivity contribution is 8.00. The Labute approximate surface area is 97.0 Å². The molecule has 15 heavy (non-hydrogen) atoms. The van der Waals surface area contributed by atoms with Gasteiger partial charge in [-0.3, -0.25) is 0 Å². The summed E-state index contributed by atoms with van der Waals surface area (Å²) < 4.78 is 5.50. The van der Waals surface area contributed by atoms with E-state index in [0.29, 0.717) is 17.9 Å². The SMILES string of the molecule is CCCNC1CCOCC1SCCCO. The third-order valence-corrected chi connectivity index (χ3v) is 4.01. The van der Waals surface area contributed by atoms with E-state index in [1.54, 1.807) is 0 Å². The van der Waals surface area contributed by atoms with E-state index in [2.05, 4.69) is 12.2 Å². The second kappa shape index (κ2) is 8.39. The number of aliphatic hydroxyl groups is 1. The lowest BCUT2D eigenvalue weighted by Crippen LogP contribution is -2.45. The molecule has 2 atom stereocenters. The van der Waals surface area contributed by atoms with Crippen molar-refractivity contribution in [3.63, 3.8) is 0 Å². The zero-order valence-electron chi connectivity index (χ0n) is 9.58. The van der Waals surface area contributed by atoms with Crippen LogP contribution in [0.4, 0.5) is 0 Å². The van der Waals surface area contributed by atoms with Gasteiger partial charge in [0.2, 0.25) is 0 Å². The maximum Gasteiger partial charge on any atom is 0.0600 e. The van der Waals surface area contributed by atoms with Gasteiger partial charge in [-0.05, 0) is 31.6 Å². The number of aliphatic hydroxyl groups excluding tert-OH is 1. The van der Waals surface area contributed by atoms with Gasteiger partial charge in [0.25, 0.3) is 0 Å². The molecule has 3 nitrogen and oxygen atoms in total. The summed E-state index contributed by atoms with van der Waals surface area (Å²) in [7, 11) is 0. The molecule has 0 radical (unpaired) electrons. The second-order valence-electron chi connectivity index (χ2n) is 3.91. The molecular formula is C11H23NO2S. The molecule has 0 bridgehead atoms. The van der Waals surface area contributed by atoms with E-state index in [9.17, 15) is 0 Å². The molecule has 0 aromatic carbocycles. The van der Waals surface area contributed by atoms with Crippen LogP contribution in [0.3, 0.4) is 0 Å². The van der Waals surface area contributed by atoms with Crippen molar-refractivity contribution in [2.24, 2.45) is 0 Å². The Bertz CT molecular complexity index is 158. The maximum absolute atomic E-state index is 8.74. The first-order chi connectivity index (χ1) is 7.38. The van der Waals surface area contributed by atoms with Gasteiger partial charge >= 0.3 is 0 Å². The fourth-order valence-corrected chi connectivity index (χ4v) is 2.99. The van der Waals surface area contributed by atoms with Gasteiger partial charge in [0, 0.05) is 24.5 Å². The van der Waals surface area contributed by atoms with E-state index in [4.69, 9.17) is 9.84 Å². The molecule has 4 heteroatoms. The summed E-state index contributed by atoms with van der Waals surface area (Å²) in [4.78, 5) is 0. The van der Waals surface area contributed by atoms with Crippen LogP contribution in [0, 0.1) is 0 Å². The van der Waals surface area contributed by atoms with Crippen molar-refractivity contribution < 1.29 is 9.84 Å². The first-order valence-corrected chi connectivity index (χ1v) is 6.97. The lowest BCUT2D eigenvalue weighted by molar-refractivity contribution is 0.0833. The number of ether oxygens (including phenoxy) is 1. The van der Waals surface area contributed by atoms with E-state index in [0.717, 1.165) is 38.4 Å². The molecular weight excluding hydrogens is 210 g/mol. The Hall–Kier alpha value is 0.230. The van der Waals surface area contributed by atoms with Gasteiger partial charge in [0.1, 0.15) is 0 Å². The number of hydrogen-bond acceptors (Lipinski definition) is 4. The van der Waals surface area contributed by atoms with Crippen LogP contribution in [-0.4, -0.2) is 48.5 Å². The van der Waals surface area contributed by atoms with Crippen molar-refractivity contribution in [2.75, 3.05) is 32.1 Å². The van der Waals surface area contributed by atoms with Crippen LogP contribution in [0.1, 0.15) is 26.2 Å². The van der Waals surface area contributed by atoms with Gasteiger partial charge in [-0.2, -0.15) is 11.8 Å². The van der Waals surface area contributed by atoms with E-state index in [1.165, 1.54) is 6.42 Å². The van der Waals surface area contributed by atoms with Gasteiger partial charge in [-0.25, -0.2) is 0 Å². The molecule has 1 saturated heterocycles. The molecule has 1 aliphatic rings. The first kappa shape index (κ1) is 13.3. The Morgan fingerprint density at radius 3 is 3.13 bits per heavy atom. The molecule has 2 N–H and O–H groups in total. The highest BCUT2D eigenvalue weighted by Crippen LogP contribution is 2.22. The maximum atomic E-state index is 8.74. The monoisotopic (exact) mass is 233 g/mol. The van der Waals surface area contributed by atoms with Gasteiger partial charge in [-0.1, -0.05) is 6.92 Å². The summed E-state index contributed by atoms with van der Waals surface area (Å²) in [6.07, 6.45) is 3.20. The molecule has 1 aliphatic heterocycles. The molecule has 0 aromatic heterocycles. The molecule has 0 amide bonds. The quantitative estimate of drug-likeness (QED) is 0.650. The normalized spacial score (nSPS) is 26.8. The van der Waals surface area contributed by atoms with Crippen LogP contribution >= 0.6 is 11.8 Å². The Kier molecular flexibility index (Phi) is 7.44. The summed E-state index contributed by atoms with van der Waals surface area (Å²) in [6, 6.07) is 0.599. The second-order valence-corrected chi connectivity index (χ2v) is 5.26. The average Bonchev–Trinajstić information content (AvgIpc) is 2.28. The van der Waals surface area contributed by atoms with E-state index in [-0.39, 0.29) is 0 Å². The highest BCUT2D eigenvalue weighted by Gasteiger charge is 2.24. The van der Waals surface area contributed by atoms with Crippen LogP contribution in [0.5, 0.6) is 0 Å². The van der Waals surface area contributed by atoms with Gasteiger partial charge in [0.05, 0.1) is 6.61 Å². The zero-order valence-corrected chi connectivity index (χ0v) is 10.4. The molecule has 1 heterocycles. The molecule has 90 valence electrons. The Morgan fingerprint density at radius 1 is 1.53 bits per heavy atom. The molecule has 2 unspecified atom stereocenters. The minimum absolute atomic E-state index is 0.299. The summed E-state index contributed by atoms with van der Waals surface area (Å²) in [5.41, 5.74) is 0. The Balaban J connectivity index is 2.22. The topological polar surface area (TPSA) is 41.5 Å². The molecule has 0 saturated carbocycles. The van der Waals surface area contributed by atoms with Crippen LogP contribution in [0.25, 0.3) is 0 Å². The van der Waals surface area contributed by atoms with Crippen molar-refractivity contribution in [3.8, 4) is 0 Å². The van der Waals surface area contributed by atoms with Gasteiger partial charge in [-0.15, -0.1) is 0 Å². The molecule has 0 aliphatic carbocycles. The highest BCUT2D eigenvalue weighted by atomic mass is 32.2. The molecule has 0 aromatic rings. The van der Waals surface area contributed by atoms with Crippen molar-refractivity contribution in [1.29, 1.82) is 0 Å². The first-order valence-electron chi connectivity index (χ1n) is 5.92. The lowest BCUT2D eigenvalue weighted by atomic mass is 10.1.